The van der Waals surface area contributed by atoms with Crippen molar-refractivity contribution in [3.05, 3.63) is 63.9 Å². The van der Waals surface area contributed by atoms with Crippen molar-refractivity contribution in [1.29, 1.82) is 0 Å². The van der Waals surface area contributed by atoms with Crippen LogP contribution in [0.4, 0.5) is 4.39 Å². The number of aromatic hydroxyl groups is 1. The van der Waals surface area contributed by atoms with Crippen LogP contribution in [0.1, 0.15) is 15.9 Å². The van der Waals surface area contributed by atoms with Gasteiger partial charge in [0.15, 0.2) is 0 Å². The number of nitrogens with one attached hydrogen (secondary N) is 1. The van der Waals surface area contributed by atoms with Crippen LogP contribution in [0, 0.1) is 5.82 Å². The number of hydrogen-bond donors (Lipinski definition) is 3. The van der Waals surface area contributed by atoms with Crippen LogP contribution in [0.2, 0.25) is 0 Å². The van der Waals surface area contributed by atoms with Gasteiger partial charge in [-0.25, -0.2) is 4.39 Å². The minimum absolute atomic E-state index is 0.152. The first-order valence-electron chi connectivity index (χ1n) is 6.64. The van der Waals surface area contributed by atoms with Crippen molar-refractivity contribution in [3.8, 4) is 5.75 Å². The third kappa shape index (κ3) is 4.29. The maximum absolute atomic E-state index is 13.4. The van der Waals surface area contributed by atoms with E-state index in [4.69, 9.17) is 0 Å². The number of aliphatic hydroxyl groups is 1. The highest BCUT2D eigenvalue weighted by Gasteiger charge is 2.15. The van der Waals surface area contributed by atoms with Crippen molar-refractivity contribution in [3.63, 3.8) is 0 Å². The molecule has 116 valence electrons. The van der Waals surface area contributed by atoms with Gasteiger partial charge in [0.2, 0.25) is 0 Å². The largest absolute Gasteiger partial charge is 0.508 e. The number of carbonyl (C=O) groups is 1. The number of benzene rings is 2. The lowest BCUT2D eigenvalue weighted by molar-refractivity contribution is 0.0916. The summed E-state index contributed by atoms with van der Waals surface area (Å²) in [4.78, 5) is 12.1. The molecule has 0 radical (unpaired) electrons. The lowest BCUT2D eigenvalue weighted by Crippen LogP contribution is -2.39. The number of aliphatic hydroxyl groups excluding tert-OH is 1. The summed E-state index contributed by atoms with van der Waals surface area (Å²) in [7, 11) is 0. The maximum Gasteiger partial charge on any atom is 0.251 e. The smallest absolute Gasteiger partial charge is 0.251 e. The zero-order valence-corrected chi connectivity index (χ0v) is 13.2. The van der Waals surface area contributed by atoms with Crippen LogP contribution in [0.15, 0.2) is 46.9 Å². The van der Waals surface area contributed by atoms with Crippen molar-refractivity contribution in [1.82, 2.24) is 5.32 Å². The minimum atomic E-state index is -0.522. The molecule has 0 aromatic heterocycles. The summed E-state index contributed by atoms with van der Waals surface area (Å²) < 4.78 is 13.7. The van der Waals surface area contributed by atoms with E-state index in [0.717, 1.165) is 11.6 Å². The second-order valence-electron chi connectivity index (χ2n) is 4.85. The molecule has 2 aromatic rings. The van der Waals surface area contributed by atoms with E-state index in [0.29, 0.717) is 6.42 Å². The van der Waals surface area contributed by atoms with Gasteiger partial charge < -0.3 is 15.5 Å². The molecule has 0 fully saturated rings. The minimum Gasteiger partial charge on any atom is -0.508 e. The van der Waals surface area contributed by atoms with Crippen molar-refractivity contribution in [2.24, 2.45) is 0 Å². The Bertz CT molecular complexity index is 661. The number of halogens is 2. The second kappa shape index (κ2) is 7.38. The Kier molecular flexibility index (Phi) is 5.51. The first-order valence-corrected chi connectivity index (χ1v) is 7.43. The molecule has 3 N–H and O–H groups in total. The molecule has 0 saturated heterocycles. The summed E-state index contributed by atoms with van der Waals surface area (Å²) in [6.45, 7) is -0.244. The Balaban J connectivity index is 2.04. The van der Waals surface area contributed by atoms with Crippen molar-refractivity contribution in [2.75, 3.05) is 6.61 Å². The molecule has 0 spiro atoms. The molecule has 4 nitrogen and oxygen atoms in total. The molecule has 0 aliphatic rings. The third-order valence-corrected chi connectivity index (χ3v) is 3.80. The molecule has 1 amide bonds. The van der Waals surface area contributed by atoms with E-state index in [9.17, 15) is 19.4 Å². The first kappa shape index (κ1) is 16.5. The SMILES string of the molecule is O=C(N[C@H](CO)Cc1ccc(O)cc1)c1ccc(Br)c(F)c1. The average molecular weight is 368 g/mol. The number of phenolic OH excluding ortho intramolecular Hbond substituents is 1. The predicted molar refractivity (Wildman–Crippen MR) is 84.3 cm³/mol. The van der Waals surface area contributed by atoms with Gasteiger partial charge in [0.05, 0.1) is 17.1 Å². The quantitative estimate of drug-likeness (QED) is 0.760. The molecule has 0 aliphatic carbocycles. The molecule has 0 aliphatic heterocycles. The summed E-state index contributed by atoms with van der Waals surface area (Å²) >= 11 is 3.03. The lowest BCUT2D eigenvalue weighted by atomic mass is 10.1. The molecule has 2 aromatic carbocycles. The Labute approximate surface area is 135 Å². The van der Waals surface area contributed by atoms with Gasteiger partial charge in [-0.2, -0.15) is 0 Å². The standard InChI is InChI=1S/C16H15BrFNO3/c17-14-6-3-11(8-15(14)18)16(22)19-12(9-20)7-10-1-4-13(21)5-2-10/h1-6,8,12,20-21H,7,9H2,(H,19,22)/t12-/m0/s1. The number of amides is 1. The molecular formula is C16H15BrFNO3. The van der Waals surface area contributed by atoms with Crippen molar-refractivity contribution < 1.29 is 19.4 Å². The highest BCUT2D eigenvalue weighted by Crippen LogP contribution is 2.17. The molecule has 0 saturated carbocycles. The molecule has 2 rings (SSSR count). The monoisotopic (exact) mass is 367 g/mol. The van der Waals surface area contributed by atoms with Crippen LogP contribution in [0.5, 0.6) is 5.75 Å². The Morgan fingerprint density at radius 1 is 1.23 bits per heavy atom. The molecule has 0 bridgehead atoms. The maximum atomic E-state index is 13.4. The Morgan fingerprint density at radius 3 is 2.50 bits per heavy atom. The van der Waals surface area contributed by atoms with Crippen LogP contribution in [0.3, 0.4) is 0 Å². The van der Waals surface area contributed by atoms with Gasteiger partial charge in [-0.15, -0.1) is 0 Å². The van der Waals surface area contributed by atoms with Crippen LogP contribution < -0.4 is 5.32 Å². The van der Waals surface area contributed by atoms with E-state index in [-0.39, 0.29) is 22.4 Å². The molecule has 0 heterocycles. The van der Waals surface area contributed by atoms with E-state index < -0.39 is 17.8 Å². The van der Waals surface area contributed by atoms with Gasteiger partial charge in [-0.05, 0) is 58.2 Å². The van der Waals surface area contributed by atoms with Gasteiger partial charge >= 0.3 is 0 Å². The number of rotatable bonds is 5. The van der Waals surface area contributed by atoms with Crippen LogP contribution >= 0.6 is 15.9 Å². The van der Waals surface area contributed by atoms with Crippen LogP contribution in [0.25, 0.3) is 0 Å². The summed E-state index contributed by atoms with van der Waals surface area (Å²) in [6.07, 6.45) is 0.404. The highest BCUT2D eigenvalue weighted by atomic mass is 79.9. The number of phenols is 1. The third-order valence-electron chi connectivity index (χ3n) is 3.16. The zero-order chi connectivity index (χ0) is 16.1. The first-order chi connectivity index (χ1) is 10.5. The van der Waals surface area contributed by atoms with Crippen LogP contribution in [-0.2, 0) is 6.42 Å². The molecular weight excluding hydrogens is 353 g/mol. The topological polar surface area (TPSA) is 69.6 Å². The summed E-state index contributed by atoms with van der Waals surface area (Å²) in [5.74, 6) is -0.824. The fourth-order valence-corrected chi connectivity index (χ4v) is 2.23. The van der Waals surface area contributed by atoms with Gasteiger partial charge in [0.25, 0.3) is 5.91 Å². The van der Waals surface area contributed by atoms with E-state index in [2.05, 4.69) is 21.2 Å². The van der Waals surface area contributed by atoms with Gasteiger partial charge in [0.1, 0.15) is 11.6 Å². The lowest BCUT2D eigenvalue weighted by Gasteiger charge is -2.16. The summed E-state index contributed by atoms with van der Waals surface area (Å²) in [6, 6.07) is 10.1. The van der Waals surface area contributed by atoms with Gasteiger partial charge in [-0.1, -0.05) is 12.1 Å². The molecule has 22 heavy (non-hydrogen) atoms. The average Bonchev–Trinajstić information content (AvgIpc) is 2.51. The van der Waals surface area contributed by atoms with Gasteiger partial charge in [-0.3, -0.25) is 4.79 Å². The van der Waals surface area contributed by atoms with Crippen molar-refractivity contribution in [2.45, 2.75) is 12.5 Å². The van der Waals surface area contributed by atoms with E-state index >= 15 is 0 Å². The Morgan fingerprint density at radius 2 is 1.91 bits per heavy atom. The van der Waals surface area contributed by atoms with E-state index in [1.807, 2.05) is 0 Å². The van der Waals surface area contributed by atoms with Gasteiger partial charge in [0, 0.05) is 5.56 Å². The number of carbonyl (C=O) groups excluding carboxylic acids is 1. The van der Waals surface area contributed by atoms with E-state index in [1.165, 1.54) is 24.3 Å². The summed E-state index contributed by atoms with van der Waals surface area (Å²) in [5, 5.41) is 21.3. The number of hydrogen-bond acceptors (Lipinski definition) is 3. The zero-order valence-electron chi connectivity index (χ0n) is 11.6. The predicted octanol–water partition coefficient (Wildman–Crippen LogP) is 2.63. The fourth-order valence-electron chi connectivity index (χ4n) is 1.98. The highest BCUT2D eigenvalue weighted by molar-refractivity contribution is 9.10. The van der Waals surface area contributed by atoms with Crippen molar-refractivity contribution >= 4 is 21.8 Å². The normalized spacial score (nSPS) is 12.0. The summed E-state index contributed by atoms with van der Waals surface area (Å²) in [5.41, 5.74) is 1.05. The molecule has 6 heteroatoms. The second-order valence-corrected chi connectivity index (χ2v) is 5.71. The van der Waals surface area contributed by atoms with Crippen LogP contribution in [-0.4, -0.2) is 28.8 Å². The molecule has 1 atom stereocenters. The van der Waals surface area contributed by atoms with E-state index in [1.54, 1.807) is 12.1 Å². The fraction of sp³-hybridized carbons (Fsp3) is 0.188. The Hall–Kier alpha value is -1.92. The molecule has 0 unspecified atom stereocenters.